The summed E-state index contributed by atoms with van der Waals surface area (Å²) in [5.41, 5.74) is 0. The normalized spacial score (nSPS) is 7.20. The van der Waals surface area contributed by atoms with Crippen LogP contribution in [0.25, 0.3) is 0 Å². The molecule has 0 rings (SSSR count). The van der Waals surface area contributed by atoms with Gasteiger partial charge in [0.2, 0.25) is 0 Å². The van der Waals surface area contributed by atoms with Crippen molar-refractivity contribution in [2.24, 2.45) is 0 Å². The van der Waals surface area contributed by atoms with Gasteiger partial charge in [0.1, 0.15) is 0 Å². The van der Waals surface area contributed by atoms with E-state index < -0.39 is 21.1 Å². The van der Waals surface area contributed by atoms with Gasteiger partial charge in [-0.25, -0.2) is 0 Å². The molecule has 0 spiro atoms. The van der Waals surface area contributed by atoms with Crippen molar-refractivity contribution < 1.29 is 48.4 Å². The Labute approximate surface area is 48.5 Å². The van der Waals surface area contributed by atoms with E-state index >= 15 is 0 Å². The Kier molecular flexibility index (Phi) is 9.70. The van der Waals surface area contributed by atoms with E-state index in [4.69, 9.17) is 10.3 Å². The van der Waals surface area contributed by atoms with Crippen LogP contribution in [0.15, 0.2) is 0 Å². The first-order valence-corrected chi connectivity index (χ1v) is 3.11. The van der Waals surface area contributed by atoms with E-state index in [9.17, 15) is 0 Å². The summed E-state index contributed by atoms with van der Waals surface area (Å²) < 4.78 is 25.7. The molecule has 0 radical (unpaired) electrons. The van der Waals surface area contributed by atoms with Gasteiger partial charge in [-0.1, -0.05) is 0 Å². The largest absolute Gasteiger partial charge is 1.00 e. The van der Waals surface area contributed by atoms with Gasteiger partial charge in [-0.05, 0) is 0 Å². The predicted octanol–water partition coefficient (Wildman–Crippen LogP) is -6.57. The standard InChI is InChI=1S/Cu.IO3/c;2-1(3)4/q+1;-1. The zero-order valence-corrected chi connectivity index (χ0v) is 5.00. The molecule has 36 valence electrons. The topological polar surface area (TPSA) is 69.2 Å². The molecule has 0 amide bonds. The average molecular weight is 238 g/mol. The van der Waals surface area contributed by atoms with E-state index in [1.807, 2.05) is 0 Å². The van der Waals surface area contributed by atoms with E-state index in [0.29, 0.717) is 0 Å². The second-order valence-electron chi connectivity index (χ2n) is 0.189. The van der Waals surface area contributed by atoms with Crippen LogP contribution in [0, 0.1) is 0 Å². The minimum absolute atomic E-state index is 0. The van der Waals surface area contributed by atoms with Gasteiger partial charge in [0.25, 0.3) is 21.1 Å². The molecule has 0 fully saturated rings. The van der Waals surface area contributed by atoms with Crippen LogP contribution in [0.3, 0.4) is 0 Å². The van der Waals surface area contributed by atoms with Gasteiger partial charge in [0, 0.05) is 0 Å². The van der Waals surface area contributed by atoms with Crippen molar-refractivity contribution in [2.75, 3.05) is 0 Å². The Balaban J connectivity index is 0. The maximum atomic E-state index is 8.57. The van der Waals surface area contributed by atoms with Crippen LogP contribution < -0.4 is 31.4 Å². The average Bonchev–Trinajstić information content (AvgIpc) is 0.811. The molecule has 0 atom stereocenters. The van der Waals surface area contributed by atoms with Crippen LogP contribution in [0.5, 0.6) is 0 Å². The smallest absolute Gasteiger partial charge is 0.427 e. The maximum Gasteiger partial charge on any atom is 1.00 e. The van der Waals surface area contributed by atoms with Crippen molar-refractivity contribution in [1.29, 1.82) is 0 Å². The van der Waals surface area contributed by atoms with Crippen molar-refractivity contribution in [3.8, 4) is 0 Å². The first-order valence-electron chi connectivity index (χ1n) is 0.463. The Morgan fingerprint density at radius 2 is 1.00 bits per heavy atom. The molecule has 0 aliphatic rings. The third kappa shape index (κ3) is 39.4. The summed E-state index contributed by atoms with van der Waals surface area (Å²) in [5, 5.41) is 0. The maximum absolute atomic E-state index is 8.57. The summed E-state index contributed by atoms with van der Waals surface area (Å²) in [6, 6.07) is 0. The second kappa shape index (κ2) is 5.13. The molecule has 0 unspecified atom stereocenters. The molecule has 5 heteroatoms. The van der Waals surface area contributed by atoms with Crippen LogP contribution in [0.2, 0.25) is 0 Å². The Hall–Kier alpha value is 1.13. The second-order valence-corrected chi connectivity index (χ2v) is 1.27. The van der Waals surface area contributed by atoms with Gasteiger partial charge in [-0.2, -0.15) is 0 Å². The van der Waals surface area contributed by atoms with Crippen LogP contribution in [0.4, 0.5) is 0 Å². The van der Waals surface area contributed by atoms with Gasteiger partial charge < -0.3 is 10.3 Å². The first kappa shape index (κ1) is 9.46. The molecule has 0 saturated carbocycles. The molecule has 0 aliphatic heterocycles. The van der Waals surface area contributed by atoms with Gasteiger partial charge in [0.05, 0.1) is 0 Å². The summed E-state index contributed by atoms with van der Waals surface area (Å²) in [7, 11) is 0. The minimum atomic E-state index is -4.01. The molecule has 5 heavy (non-hydrogen) atoms. The molecule has 0 aromatic rings. The van der Waals surface area contributed by atoms with Crippen molar-refractivity contribution in [1.82, 2.24) is 0 Å². The molecule has 0 saturated heterocycles. The van der Waals surface area contributed by atoms with Gasteiger partial charge in [-0.3, -0.25) is 0 Å². The van der Waals surface area contributed by atoms with Crippen LogP contribution in [-0.4, -0.2) is 0 Å². The summed E-state index contributed by atoms with van der Waals surface area (Å²) in [5.74, 6) is 0. The molecule has 0 N–H and O–H groups in total. The number of halogens is 1. The Bertz CT molecular complexity index is 11.6. The van der Waals surface area contributed by atoms with Crippen molar-refractivity contribution in [3.05, 3.63) is 0 Å². The fourth-order valence-corrected chi connectivity index (χ4v) is 0. The number of rotatable bonds is 0. The van der Waals surface area contributed by atoms with E-state index in [1.165, 1.54) is 0 Å². The van der Waals surface area contributed by atoms with Crippen molar-refractivity contribution in [2.45, 2.75) is 0 Å². The molecule has 0 aliphatic carbocycles. The van der Waals surface area contributed by atoms with Gasteiger partial charge in [-0.15, -0.1) is 0 Å². The molecule has 0 heterocycles. The summed E-state index contributed by atoms with van der Waals surface area (Å²) in [4.78, 5) is 0. The minimum Gasteiger partial charge on any atom is -0.427 e. The monoisotopic (exact) mass is 238 g/mol. The van der Waals surface area contributed by atoms with Gasteiger partial charge >= 0.3 is 17.1 Å². The molecule has 3 nitrogen and oxygen atoms in total. The zero-order valence-electron chi connectivity index (χ0n) is 1.90. The van der Waals surface area contributed by atoms with Crippen molar-refractivity contribution in [3.63, 3.8) is 0 Å². The van der Waals surface area contributed by atoms with E-state index in [-0.39, 0.29) is 17.1 Å². The third-order valence-electron chi connectivity index (χ3n) is 0. The molecule has 0 bridgehead atoms. The van der Waals surface area contributed by atoms with Crippen LogP contribution in [0.1, 0.15) is 0 Å². The summed E-state index contributed by atoms with van der Waals surface area (Å²) in [6.45, 7) is 0. The fraction of sp³-hybridized carbons (Fsp3) is 0. The third-order valence-corrected chi connectivity index (χ3v) is 0. The Morgan fingerprint density at radius 1 is 1.00 bits per heavy atom. The van der Waals surface area contributed by atoms with Crippen LogP contribution >= 0.6 is 0 Å². The number of hydrogen-bond donors (Lipinski definition) is 0. The van der Waals surface area contributed by atoms with E-state index in [2.05, 4.69) is 0 Å². The van der Waals surface area contributed by atoms with Crippen LogP contribution in [-0.2, 0) is 17.1 Å². The van der Waals surface area contributed by atoms with E-state index in [0.717, 1.165) is 0 Å². The fourth-order valence-electron chi connectivity index (χ4n) is 0. The predicted molar refractivity (Wildman–Crippen MR) is 0 cm³/mol. The molecular formula is CuIO3. The summed E-state index contributed by atoms with van der Waals surface area (Å²) in [6.07, 6.45) is 0. The SMILES string of the molecule is [Cu+].[O-][I+2]([O-])[O-]. The summed E-state index contributed by atoms with van der Waals surface area (Å²) >= 11 is -4.01. The first-order chi connectivity index (χ1) is 1.73. The molecule has 0 aromatic carbocycles. The molecule has 0 aromatic heterocycles. The van der Waals surface area contributed by atoms with Crippen molar-refractivity contribution >= 4 is 0 Å². The Morgan fingerprint density at radius 3 is 1.00 bits per heavy atom. The van der Waals surface area contributed by atoms with E-state index in [1.54, 1.807) is 0 Å². The zero-order chi connectivity index (χ0) is 3.58. The quantitative estimate of drug-likeness (QED) is 0.311. The molecular weight excluding hydrogens is 238 g/mol. The van der Waals surface area contributed by atoms with Gasteiger partial charge in [0.15, 0.2) is 0 Å². The number of hydrogen-bond acceptors (Lipinski definition) is 3.